The number of hydrogen-bond donors (Lipinski definition) is 2. The maximum Gasteiger partial charge on any atom is 0.407 e. The number of rotatable bonds is 6. The Kier molecular flexibility index (Phi) is 5.25. The van der Waals surface area contributed by atoms with E-state index in [1.807, 2.05) is 20.8 Å². The normalized spacial score (nSPS) is 17.6. The smallest absolute Gasteiger partial charge is 0.407 e. The molecule has 4 heteroatoms. The molecule has 1 aliphatic carbocycles. The van der Waals surface area contributed by atoms with Gasteiger partial charge in [-0.25, -0.2) is 4.79 Å². The highest BCUT2D eigenvalue weighted by atomic mass is 16.6. The summed E-state index contributed by atoms with van der Waals surface area (Å²) in [5, 5.41) is 6.09. The van der Waals surface area contributed by atoms with E-state index in [0.29, 0.717) is 6.54 Å². The second kappa shape index (κ2) is 6.24. The molecule has 0 aromatic rings. The van der Waals surface area contributed by atoms with Gasteiger partial charge in [-0.15, -0.1) is 0 Å². The monoisotopic (exact) mass is 242 g/mol. The number of alkyl carbamates (subject to hydrolysis) is 1. The lowest BCUT2D eigenvalue weighted by molar-refractivity contribution is 0.0528. The zero-order valence-electron chi connectivity index (χ0n) is 11.5. The van der Waals surface area contributed by atoms with Gasteiger partial charge in [0.2, 0.25) is 0 Å². The van der Waals surface area contributed by atoms with E-state index in [-0.39, 0.29) is 6.09 Å². The molecule has 1 saturated carbocycles. The molecule has 17 heavy (non-hydrogen) atoms. The SMILES string of the molecule is CC(CNCCNC(=O)OC(C)(C)C)C1CC1. The van der Waals surface area contributed by atoms with Crippen LogP contribution in [0.15, 0.2) is 0 Å². The Bertz CT molecular complexity index is 244. The minimum absolute atomic E-state index is 0.338. The summed E-state index contributed by atoms with van der Waals surface area (Å²) in [6.45, 7) is 10.3. The Hall–Kier alpha value is -0.770. The summed E-state index contributed by atoms with van der Waals surface area (Å²) < 4.78 is 5.14. The van der Waals surface area contributed by atoms with Gasteiger partial charge in [-0.05, 0) is 52.0 Å². The number of carbonyl (C=O) groups is 1. The minimum atomic E-state index is -0.419. The quantitative estimate of drug-likeness (QED) is 0.702. The van der Waals surface area contributed by atoms with Gasteiger partial charge in [-0.3, -0.25) is 0 Å². The summed E-state index contributed by atoms with van der Waals surface area (Å²) in [4.78, 5) is 11.3. The Balaban J connectivity index is 1.94. The van der Waals surface area contributed by atoms with Gasteiger partial charge in [0.05, 0.1) is 0 Å². The summed E-state index contributed by atoms with van der Waals surface area (Å²) in [5.41, 5.74) is -0.419. The fourth-order valence-corrected chi connectivity index (χ4v) is 1.73. The molecule has 0 bridgehead atoms. The third kappa shape index (κ3) is 7.21. The topological polar surface area (TPSA) is 50.4 Å². The van der Waals surface area contributed by atoms with E-state index in [1.54, 1.807) is 0 Å². The van der Waals surface area contributed by atoms with Crippen molar-refractivity contribution in [1.82, 2.24) is 10.6 Å². The molecule has 0 saturated heterocycles. The first-order valence-electron chi connectivity index (χ1n) is 6.56. The van der Waals surface area contributed by atoms with E-state index in [4.69, 9.17) is 4.74 Å². The van der Waals surface area contributed by atoms with Crippen LogP contribution in [0, 0.1) is 11.8 Å². The highest BCUT2D eigenvalue weighted by Crippen LogP contribution is 2.35. The van der Waals surface area contributed by atoms with Crippen LogP contribution in [0.2, 0.25) is 0 Å². The first-order chi connectivity index (χ1) is 7.88. The van der Waals surface area contributed by atoms with Crippen molar-refractivity contribution in [3.8, 4) is 0 Å². The zero-order chi connectivity index (χ0) is 12.9. The molecule has 1 rings (SSSR count). The fraction of sp³-hybridized carbons (Fsp3) is 0.923. The lowest BCUT2D eigenvalue weighted by Crippen LogP contribution is -2.37. The van der Waals surface area contributed by atoms with Crippen LogP contribution >= 0.6 is 0 Å². The van der Waals surface area contributed by atoms with Gasteiger partial charge < -0.3 is 15.4 Å². The lowest BCUT2D eigenvalue weighted by Gasteiger charge is -2.19. The molecule has 1 amide bonds. The molecule has 0 radical (unpaired) electrons. The highest BCUT2D eigenvalue weighted by molar-refractivity contribution is 5.67. The first-order valence-corrected chi connectivity index (χ1v) is 6.56. The Morgan fingerprint density at radius 2 is 2.00 bits per heavy atom. The summed E-state index contributed by atoms with van der Waals surface area (Å²) in [7, 11) is 0. The van der Waals surface area contributed by atoms with E-state index < -0.39 is 5.60 Å². The van der Waals surface area contributed by atoms with Crippen molar-refractivity contribution in [2.45, 2.75) is 46.1 Å². The average Bonchev–Trinajstić information content (AvgIpc) is 2.96. The number of hydrogen-bond acceptors (Lipinski definition) is 3. The number of carbonyl (C=O) groups excluding carboxylic acids is 1. The maximum atomic E-state index is 11.3. The summed E-state index contributed by atoms with van der Waals surface area (Å²) in [6.07, 6.45) is 2.44. The minimum Gasteiger partial charge on any atom is -0.444 e. The van der Waals surface area contributed by atoms with Gasteiger partial charge in [-0.2, -0.15) is 0 Å². The van der Waals surface area contributed by atoms with E-state index in [9.17, 15) is 4.79 Å². The summed E-state index contributed by atoms with van der Waals surface area (Å²) in [5.74, 6) is 1.69. The van der Waals surface area contributed by atoms with Crippen molar-refractivity contribution >= 4 is 6.09 Å². The van der Waals surface area contributed by atoms with Crippen molar-refractivity contribution in [3.05, 3.63) is 0 Å². The molecule has 1 aliphatic rings. The molecular formula is C13H26N2O2. The molecule has 0 spiro atoms. The molecule has 1 fully saturated rings. The Morgan fingerprint density at radius 3 is 2.53 bits per heavy atom. The van der Waals surface area contributed by atoms with Crippen LogP contribution in [0.4, 0.5) is 4.79 Å². The van der Waals surface area contributed by atoms with Crippen molar-refractivity contribution < 1.29 is 9.53 Å². The Labute approximate surface area is 104 Å². The van der Waals surface area contributed by atoms with Crippen LogP contribution in [0.25, 0.3) is 0 Å². The van der Waals surface area contributed by atoms with Gasteiger partial charge in [0.1, 0.15) is 5.60 Å². The first kappa shape index (κ1) is 14.3. The second-order valence-corrected chi connectivity index (χ2v) is 5.95. The van der Waals surface area contributed by atoms with Gasteiger partial charge in [0.15, 0.2) is 0 Å². The number of nitrogens with one attached hydrogen (secondary N) is 2. The van der Waals surface area contributed by atoms with Crippen LogP contribution in [0.1, 0.15) is 40.5 Å². The zero-order valence-corrected chi connectivity index (χ0v) is 11.5. The fourth-order valence-electron chi connectivity index (χ4n) is 1.73. The van der Waals surface area contributed by atoms with Gasteiger partial charge in [0, 0.05) is 13.1 Å². The van der Waals surface area contributed by atoms with E-state index >= 15 is 0 Å². The molecular weight excluding hydrogens is 216 g/mol. The number of amides is 1. The highest BCUT2D eigenvalue weighted by Gasteiger charge is 2.27. The molecule has 0 aromatic heterocycles. The largest absolute Gasteiger partial charge is 0.444 e. The van der Waals surface area contributed by atoms with Gasteiger partial charge in [-0.1, -0.05) is 6.92 Å². The van der Waals surface area contributed by atoms with Gasteiger partial charge in [0.25, 0.3) is 0 Å². The van der Waals surface area contributed by atoms with Crippen LogP contribution in [-0.2, 0) is 4.74 Å². The van der Waals surface area contributed by atoms with Crippen molar-refractivity contribution in [1.29, 1.82) is 0 Å². The lowest BCUT2D eigenvalue weighted by atomic mass is 10.1. The molecule has 2 N–H and O–H groups in total. The molecule has 0 aromatic carbocycles. The third-order valence-corrected chi connectivity index (χ3v) is 2.86. The average molecular weight is 242 g/mol. The molecule has 4 nitrogen and oxygen atoms in total. The summed E-state index contributed by atoms with van der Waals surface area (Å²) >= 11 is 0. The third-order valence-electron chi connectivity index (χ3n) is 2.86. The van der Waals surface area contributed by atoms with E-state index in [0.717, 1.165) is 24.9 Å². The molecule has 1 unspecified atom stereocenters. The van der Waals surface area contributed by atoms with Gasteiger partial charge >= 0.3 is 6.09 Å². The van der Waals surface area contributed by atoms with E-state index in [2.05, 4.69) is 17.6 Å². The van der Waals surface area contributed by atoms with Crippen molar-refractivity contribution in [2.75, 3.05) is 19.6 Å². The van der Waals surface area contributed by atoms with Crippen LogP contribution in [0.3, 0.4) is 0 Å². The molecule has 0 heterocycles. The second-order valence-electron chi connectivity index (χ2n) is 5.95. The predicted octanol–water partition coefficient (Wildman–Crippen LogP) is 2.15. The number of ether oxygens (including phenoxy) is 1. The van der Waals surface area contributed by atoms with Crippen LogP contribution in [-0.4, -0.2) is 31.3 Å². The van der Waals surface area contributed by atoms with E-state index in [1.165, 1.54) is 12.8 Å². The molecule has 1 atom stereocenters. The Morgan fingerprint density at radius 1 is 1.35 bits per heavy atom. The summed E-state index contributed by atoms with van der Waals surface area (Å²) in [6, 6.07) is 0. The van der Waals surface area contributed by atoms with Crippen molar-refractivity contribution in [2.24, 2.45) is 11.8 Å². The predicted molar refractivity (Wildman–Crippen MR) is 69.0 cm³/mol. The van der Waals surface area contributed by atoms with Crippen LogP contribution in [0.5, 0.6) is 0 Å². The van der Waals surface area contributed by atoms with Crippen molar-refractivity contribution in [3.63, 3.8) is 0 Å². The molecule has 0 aliphatic heterocycles. The van der Waals surface area contributed by atoms with Crippen LogP contribution < -0.4 is 10.6 Å². The molecule has 100 valence electrons. The maximum absolute atomic E-state index is 11.3. The standard InChI is InChI=1S/C13H26N2O2/c1-10(11-5-6-11)9-14-7-8-15-12(16)17-13(2,3)4/h10-11,14H,5-9H2,1-4H3,(H,15,16).